The first-order valence-electron chi connectivity index (χ1n) is 4.39. The van der Waals surface area contributed by atoms with E-state index < -0.39 is 24.1 Å². The largest absolute Gasteiger partial charge is 0.481 e. The SMILES string of the molecule is O=C(O)CCC(=O)CC(=O)On1nccn1. The highest BCUT2D eigenvalue weighted by molar-refractivity contribution is 5.96. The van der Waals surface area contributed by atoms with Gasteiger partial charge in [-0.05, 0) is 0 Å². The number of carboxylic acids is 1. The summed E-state index contributed by atoms with van der Waals surface area (Å²) in [6, 6.07) is 0. The summed E-state index contributed by atoms with van der Waals surface area (Å²) in [6.45, 7) is 0. The van der Waals surface area contributed by atoms with Gasteiger partial charge < -0.3 is 9.94 Å². The second kappa shape index (κ2) is 5.59. The normalized spacial score (nSPS) is 9.75. The maximum absolute atomic E-state index is 11.1. The maximum atomic E-state index is 11.1. The number of hydrogen-bond donors (Lipinski definition) is 1. The zero-order valence-corrected chi connectivity index (χ0v) is 8.20. The molecule has 0 saturated heterocycles. The molecule has 0 atom stereocenters. The fourth-order valence-electron chi connectivity index (χ4n) is 0.870. The van der Waals surface area contributed by atoms with Crippen molar-refractivity contribution >= 4 is 17.7 Å². The standard InChI is InChI=1S/C8H9N3O5/c12-6(1-2-7(13)14)5-8(15)16-11-9-3-4-10-11/h3-4H,1-2,5H2,(H,13,14). The number of aromatic nitrogens is 3. The molecule has 1 aromatic heterocycles. The van der Waals surface area contributed by atoms with Gasteiger partial charge in [0, 0.05) is 11.4 Å². The number of hydrogen-bond acceptors (Lipinski definition) is 6. The molecule has 8 nitrogen and oxygen atoms in total. The van der Waals surface area contributed by atoms with Crippen molar-refractivity contribution in [2.75, 3.05) is 0 Å². The Balaban J connectivity index is 2.29. The lowest BCUT2D eigenvalue weighted by atomic mass is 10.2. The van der Waals surface area contributed by atoms with Crippen LogP contribution >= 0.6 is 0 Å². The number of carboxylic acid groups (broad SMARTS) is 1. The van der Waals surface area contributed by atoms with Crippen molar-refractivity contribution < 1.29 is 24.3 Å². The third kappa shape index (κ3) is 4.31. The van der Waals surface area contributed by atoms with E-state index in [9.17, 15) is 14.4 Å². The number of ketones is 1. The molecule has 86 valence electrons. The van der Waals surface area contributed by atoms with Gasteiger partial charge in [-0.25, -0.2) is 4.79 Å². The second-order valence-electron chi connectivity index (χ2n) is 2.85. The van der Waals surface area contributed by atoms with Gasteiger partial charge in [-0.2, -0.15) is 0 Å². The van der Waals surface area contributed by atoms with Crippen LogP contribution in [-0.4, -0.2) is 38.0 Å². The summed E-state index contributed by atoms with van der Waals surface area (Å²) >= 11 is 0. The molecule has 0 amide bonds. The Morgan fingerprint density at radius 1 is 1.19 bits per heavy atom. The highest BCUT2D eigenvalue weighted by Crippen LogP contribution is 1.96. The predicted molar refractivity (Wildman–Crippen MR) is 48.1 cm³/mol. The van der Waals surface area contributed by atoms with Crippen LogP contribution in [0.15, 0.2) is 12.4 Å². The Morgan fingerprint density at radius 3 is 2.38 bits per heavy atom. The first-order valence-corrected chi connectivity index (χ1v) is 4.39. The fourth-order valence-corrected chi connectivity index (χ4v) is 0.870. The Morgan fingerprint density at radius 2 is 1.81 bits per heavy atom. The van der Waals surface area contributed by atoms with Crippen molar-refractivity contribution in [3.05, 3.63) is 12.4 Å². The van der Waals surface area contributed by atoms with Gasteiger partial charge in [0.05, 0.1) is 18.8 Å². The van der Waals surface area contributed by atoms with E-state index in [1.165, 1.54) is 12.4 Å². The third-order valence-electron chi connectivity index (χ3n) is 1.54. The van der Waals surface area contributed by atoms with Crippen LogP contribution in [0.4, 0.5) is 0 Å². The van der Waals surface area contributed by atoms with Crippen molar-refractivity contribution in [1.29, 1.82) is 0 Å². The average Bonchev–Trinajstić information content (AvgIpc) is 2.67. The summed E-state index contributed by atoms with van der Waals surface area (Å²) < 4.78 is 0. The molecule has 0 bridgehead atoms. The van der Waals surface area contributed by atoms with E-state index >= 15 is 0 Å². The first kappa shape index (κ1) is 11.8. The van der Waals surface area contributed by atoms with Gasteiger partial charge in [0.15, 0.2) is 0 Å². The van der Waals surface area contributed by atoms with Crippen molar-refractivity contribution in [3.8, 4) is 0 Å². The van der Waals surface area contributed by atoms with Crippen LogP contribution < -0.4 is 4.84 Å². The minimum atomic E-state index is -1.09. The Labute approximate surface area is 89.8 Å². The number of nitrogens with zero attached hydrogens (tertiary/aromatic N) is 3. The van der Waals surface area contributed by atoms with Gasteiger partial charge >= 0.3 is 11.9 Å². The molecular formula is C8H9N3O5. The molecule has 0 unspecified atom stereocenters. The zero-order valence-electron chi connectivity index (χ0n) is 8.20. The third-order valence-corrected chi connectivity index (χ3v) is 1.54. The van der Waals surface area contributed by atoms with Crippen LogP contribution in [0.5, 0.6) is 0 Å². The molecule has 1 aromatic rings. The van der Waals surface area contributed by atoms with Crippen LogP contribution in [0.25, 0.3) is 0 Å². The number of rotatable bonds is 6. The Hall–Kier alpha value is -2.25. The molecule has 0 aliphatic heterocycles. The van der Waals surface area contributed by atoms with E-state index in [-0.39, 0.29) is 12.8 Å². The van der Waals surface area contributed by atoms with E-state index in [4.69, 9.17) is 5.11 Å². The Kier molecular flexibility index (Phi) is 4.13. The molecule has 0 saturated carbocycles. The minimum absolute atomic E-state index is 0.197. The van der Waals surface area contributed by atoms with Gasteiger partial charge in [-0.3, -0.25) is 9.59 Å². The lowest BCUT2D eigenvalue weighted by Gasteiger charge is -1.99. The van der Waals surface area contributed by atoms with Gasteiger partial charge in [0.25, 0.3) is 0 Å². The van der Waals surface area contributed by atoms with Gasteiger partial charge in [0.1, 0.15) is 12.2 Å². The summed E-state index contributed by atoms with van der Waals surface area (Å²) in [5.74, 6) is -2.42. The molecule has 0 fully saturated rings. The number of Topliss-reactive ketones (excluding diaryl/α,β-unsaturated/α-hetero) is 1. The quantitative estimate of drug-likeness (QED) is 0.624. The van der Waals surface area contributed by atoms with E-state index in [1.807, 2.05) is 0 Å². The van der Waals surface area contributed by atoms with Gasteiger partial charge in [0.2, 0.25) is 0 Å². The molecule has 0 spiro atoms. The smallest absolute Gasteiger partial charge is 0.344 e. The van der Waals surface area contributed by atoms with Crippen LogP contribution in [0.3, 0.4) is 0 Å². The molecule has 16 heavy (non-hydrogen) atoms. The molecule has 0 radical (unpaired) electrons. The van der Waals surface area contributed by atoms with Gasteiger partial charge in [-0.1, -0.05) is 0 Å². The molecule has 0 aliphatic carbocycles. The second-order valence-corrected chi connectivity index (χ2v) is 2.85. The van der Waals surface area contributed by atoms with E-state index in [2.05, 4.69) is 15.0 Å². The highest BCUT2D eigenvalue weighted by atomic mass is 16.7. The average molecular weight is 227 g/mol. The fraction of sp³-hybridized carbons (Fsp3) is 0.375. The molecule has 0 aliphatic rings. The molecular weight excluding hydrogens is 218 g/mol. The summed E-state index contributed by atoms with van der Waals surface area (Å²) in [5.41, 5.74) is 0. The van der Waals surface area contributed by atoms with E-state index in [0.717, 1.165) is 0 Å². The van der Waals surface area contributed by atoms with E-state index in [0.29, 0.717) is 4.96 Å². The number of carbonyl (C=O) groups is 3. The summed E-state index contributed by atoms with van der Waals surface area (Å²) in [5, 5.41) is 15.3. The van der Waals surface area contributed by atoms with E-state index in [1.54, 1.807) is 0 Å². The van der Waals surface area contributed by atoms with Crippen LogP contribution in [0, 0.1) is 0 Å². The number of carbonyl (C=O) groups excluding carboxylic acids is 2. The summed E-state index contributed by atoms with van der Waals surface area (Å²) in [6.07, 6.45) is 1.62. The predicted octanol–water partition coefficient (Wildman–Crippen LogP) is -0.943. The summed E-state index contributed by atoms with van der Waals surface area (Å²) in [4.78, 5) is 37.5. The topological polar surface area (TPSA) is 111 Å². The lowest BCUT2D eigenvalue weighted by molar-refractivity contribution is -0.150. The van der Waals surface area contributed by atoms with Crippen molar-refractivity contribution in [1.82, 2.24) is 15.2 Å². The maximum Gasteiger partial charge on any atom is 0.344 e. The molecule has 8 heteroatoms. The van der Waals surface area contributed by atoms with Crippen molar-refractivity contribution in [2.45, 2.75) is 19.3 Å². The molecule has 1 rings (SSSR count). The molecule has 1 heterocycles. The van der Waals surface area contributed by atoms with Crippen molar-refractivity contribution in [2.24, 2.45) is 0 Å². The van der Waals surface area contributed by atoms with Crippen LogP contribution in [-0.2, 0) is 14.4 Å². The van der Waals surface area contributed by atoms with Crippen LogP contribution in [0.1, 0.15) is 19.3 Å². The lowest BCUT2D eigenvalue weighted by Crippen LogP contribution is -2.24. The first-order chi connectivity index (χ1) is 7.58. The van der Waals surface area contributed by atoms with Gasteiger partial charge in [-0.15, -0.1) is 10.2 Å². The summed E-state index contributed by atoms with van der Waals surface area (Å²) in [7, 11) is 0. The minimum Gasteiger partial charge on any atom is -0.481 e. The molecule has 1 N–H and O–H groups in total. The monoisotopic (exact) mass is 227 g/mol. The van der Waals surface area contributed by atoms with Crippen LogP contribution in [0.2, 0.25) is 0 Å². The number of aliphatic carboxylic acids is 1. The Bertz CT molecular complexity index is 386. The zero-order chi connectivity index (χ0) is 12.0. The molecule has 0 aromatic carbocycles. The van der Waals surface area contributed by atoms with Crippen molar-refractivity contribution in [3.63, 3.8) is 0 Å². The highest BCUT2D eigenvalue weighted by Gasteiger charge is 2.13.